The zero-order chi connectivity index (χ0) is 19.6. The van der Waals surface area contributed by atoms with Gasteiger partial charge in [-0.3, -0.25) is 0 Å². The number of phenols is 1. The summed E-state index contributed by atoms with van der Waals surface area (Å²) >= 11 is 0. The van der Waals surface area contributed by atoms with E-state index in [9.17, 15) is 22.7 Å². The molecule has 3 rings (SSSR count). The van der Waals surface area contributed by atoms with E-state index in [0.29, 0.717) is 0 Å². The van der Waals surface area contributed by atoms with Crippen molar-refractivity contribution in [2.24, 2.45) is 0 Å². The fraction of sp³-hybridized carbons (Fsp3) is 0. The second-order valence-corrected chi connectivity index (χ2v) is 7.35. The Morgan fingerprint density at radius 1 is 0.926 bits per heavy atom. The summed E-state index contributed by atoms with van der Waals surface area (Å²) in [5.41, 5.74) is 0.0245. The number of hydrogen-bond donors (Lipinski definition) is 2. The molecule has 0 heterocycles. The van der Waals surface area contributed by atoms with Crippen molar-refractivity contribution in [1.82, 2.24) is 0 Å². The molecule has 0 unspecified atom stereocenters. The van der Waals surface area contributed by atoms with E-state index in [0.717, 1.165) is 34.6 Å². The molecule has 138 valence electrons. The number of sulfonamides is 1. The maximum atomic E-state index is 13.4. The van der Waals surface area contributed by atoms with Gasteiger partial charge in [0.2, 0.25) is 0 Å². The molecule has 3 aromatic rings. The molecule has 0 radical (unpaired) electrons. The van der Waals surface area contributed by atoms with E-state index in [1.54, 1.807) is 18.2 Å². The fourth-order valence-electron chi connectivity index (χ4n) is 2.51. The third-order valence-corrected chi connectivity index (χ3v) is 5.54. The molecule has 2 N–H and O–H groups in total. The van der Waals surface area contributed by atoms with Crippen LogP contribution >= 0.6 is 0 Å². The Labute approximate surface area is 154 Å². The SMILES string of the molecule is O=C(O)c1ccc(S(=O)(=O)N(c2ccccc2)c2ccc(F)cc2O)cc1. The first-order chi connectivity index (χ1) is 12.8. The number of rotatable bonds is 5. The van der Waals surface area contributed by atoms with Crippen LogP contribution in [-0.4, -0.2) is 24.6 Å². The van der Waals surface area contributed by atoms with Crippen LogP contribution in [0.3, 0.4) is 0 Å². The summed E-state index contributed by atoms with van der Waals surface area (Å²) in [7, 11) is -4.23. The quantitative estimate of drug-likeness (QED) is 0.695. The minimum atomic E-state index is -4.23. The zero-order valence-corrected chi connectivity index (χ0v) is 14.6. The number of carbonyl (C=O) groups is 1. The normalized spacial score (nSPS) is 11.1. The highest BCUT2D eigenvalue weighted by Gasteiger charge is 2.29. The molecule has 0 atom stereocenters. The van der Waals surface area contributed by atoms with Gasteiger partial charge in [-0.2, -0.15) is 0 Å². The highest BCUT2D eigenvalue weighted by molar-refractivity contribution is 7.93. The number of phenolic OH excluding ortho intramolecular Hbond substituents is 1. The summed E-state index contributed by atoms with van der Waals surface area (Å²) < 4.78 is 40.7. The number of hydrogen-bond acceptors (Lipinski definition) is 4. The number of aromatic carboxylic acids is 1. The number of nitrogens with zero attached hydrogens (tertiary/aromatic N) is 1. The molecule has 3 aromatic carbocycles. The highest BCUT2D eigenvalue weighted by atomic mass is 32.2. The van der Waals surface area contributed by atoms with Crippen LogP contribution in [0.4, 0.5) is 15.8 Å². The number of carboxylic acids is 1. The molecule has 0 saturated heterocycles. The van der Waals surface area contributed by atoms with Gasteiger partial charge >= 0.3 is 5.97 Å². The number of para-hydroxylation sites is 1. The Morgan fingerprint density at radius 3 is 2.11 bits per heavy atom. The van der Waals surface area contributed by atoms with Gasteiger partial charge in [-0.1, -0.05) is 18.2 Å². The Morgan fingerprint density at radius 2 is 1.56 bits per heavy atom. The van der Waals surface area contributed by atoms with E-state index in [2.05, 4.69) is 0 Å². The average molecular weight is 387 g/mol. The zero-order valence-electron chi connectivity index (χ0n) is 13.8. The van der Waals surface area contributed by atoms with Gasteiger partial charge in [-0.15, -0.1) is 0 Å². The van der Waals surface area contributed by atoms with Crippen LogP contribution in [0.5, 0.6) is 5.75 Å². The van der Waals surface area contributed by atoms with Crippen molar-refractivity contribution in [2.45, 2.75) is 4.90 Å². The molecule has 0 fully saturated rings. The van der Waals surface area contributed by atoms with E-state index in [1.807, 2.05) is 0 Å². The Kier molecular flexibility index (Phi) is 4.83. The van der Waals surface area contributed by atoms with Crippen molar-refractivity contribution in [3.05, 3.63) is 84.2 Å². The Hall–Kier alpha value is -3.39. The fourth-order valence-corrected chi connectivity index (χ4v) is 4.02. The molecule has 6 nitrogen and oxygen atoms in total. The molecule has 0 aliphatic carbocycles. The maximum Gasteiger partial charge on any atom is 0.335 e. The van der Waals surface area contributed by atoms with Gasteiger partial charge in [0.15, 0.2) is 0 Å². The largest absolute Gasteiger partial charge is 0.506 e. The van der Waals surface area contributed by atoms with Crippen LogP contribution in [0.25, 0.3) is 0 Å². The van der Waals surface area contributed by atoms with Crippen LogP contribution < -0.4 is 4.31 Å². The number of anilines is 2. The van der Waals surface area contributed by atoms with E-state index in [1.165, 1.54) is 24.3 Å². The van der Waals surface area contributed by atoms with Crippen LogP contribution in [0.2, 0.25) is 0 Å². The van der Waals surface area contributed by atoms with Crippen molar-refractivity contribution in [2.75, 3.05) is 4.31 Å². The molecule has 27 heavy (non-hydrogen) atoms. The Balaban J connectivity index is 2.19. The van der Waals surface area contributed by atoms with Gasteiger partial charge in [-0.05, 0) is 48.5 Å². The average Bonchev–Trinajstić information content (AvgIpc) is 2.64. The third kappa shape index (κ3) is 3.61. The molecule has 0 aliphatic heterocycles. The minimum Gasteiger partial charge on any atom is -0.506 e. The van der Waals surface area contributed by atoms with Gasteiger partial charge in [0.25, 0.3) is 10.0 Å². The summed E-state index contributed by atoms with van der Waals surface area (Å²) in [6.07, 6.45) is 0. The lowest BCUT2D eigenvalue weighted by atomic mass is 10.2. The minimum absolute atomic E-state index is 0.0650. The highest BCUT2D eigenvalue weighted by Crippen LogP contribution is 2.38. The number of halogens is 1. The summed E-state index contributed by atoms with van der Waals surface area (Å²) in [5, 5.41) is 19.1. The monoisotopic (exact) mass is 387 g/mol. The third-order valence-electron chi connectivity index (χ3n) is 3.79. The predicted octanol–water partition coefficient (Wildman–Crippen LogP) is 3.76. The van der Waals surface area contributed by atoms with Crippen molar-refractivity contribution < 1.29 is 27.8 Å². The van der Waals surface area contributed by atoms with Crippen molar-refractivity contribution in [1.29, 1.82) is 0 Å². The van der Waals surface area contributed by atoms with Gasteiger partial charge in [0.05, 0.1) is 21.8 Å². The van der Waals surface area contributed by atoms with Gasteiger partial charge in [0.1, 0.15) is 11.6 Å². The number of aromatic hydroxyl groups is 1. The lowest BCUT2D eigenvalue weighted by Gasteiger charge is -2.25. The lowest BCUT2D eigenvalue weighted by molar-refractivity contribution is 0.0696. The second kappa shape index (κ2) is 7.08. The molecule has 0 saturated carbocycles. The second-order valence-electron chi connectivity index (χ2n) is 5.57. The van der Waals surface area contributed by atoms with E-state index < -0.39 is 27.6 Å². The summed E-state index contributed by atoms with van der Waals surface area (Å²) in [4.78, 5) is 10.8. The molecule has 0 spiro atoms. The van der Waals surface area contributed by atoms with Gasteiger partial charge < -0.3 is 10.2 Å². The molecule has 0 bridgehead atoms. The maximum absolute atomic E-state index is 13.4. The van der Waals surface area contributed by atoms with Gasteiger partial charge in [0, 0.05) is 6.07 Å². The summed E-state index contributed by atoms with van der Waals surface area (Å²) in [5.74, 6) is -2.45. The molecule has 0 aromatic heterocycles. The lowest BCUT2D eigenvalue weighted by Crippen LogP contribution is -2.26. The van der Waals surface area contributed by atoms with Crippen LogP contribution in [-0.2, 0) is 10.0 Å². The first-order valence-electron chi connectivity index (χ1n) is 7.73. The molecule has 0 amide bonds. The molecule has 8 heteroatoms. The standard InChI is InChI=1S/C19H14FNO5S/c20-14-8-11-17(18(22)12-14)21(15-4-2-1-3-5-15)27(25,26)16-9-6-13(7-10-16)19(23)24/h1-12,22H,(H,23,24). The van der Waals surface area contributed by atoms with E-state index in [-0.39, 0.29) is 21.8 Å². The topological polar surface area (TPSA) is 94.9 Å². The van der Waals surface area contributed by atoms with Crippen LogP contribution in [0.1, 0.15) is 10.4 Å². The van der Waals surface area contributed by atoms with Crippen molar-refractivity contribution in [3.63, 3.8) is 0 Å². The van der Waals surface area contributed by atoms with Crippen LogP contribution in [0.15, 0.2) is 77.7 Å². The van der Waals surface area contributed by atoms with Crippen LogP contribution in [0, 0.1) is 5.82 Å². The van der Waals surface area contributed by atoms with Crippen molar-refractivity contribution in [3.8, 4) is 5.75 Å². The summed E-state index contributed by atoms with van der Waals surface area (Å²) in [6, 6.07) is 15.6. The van der Waals surface area contributed by atoms with Gasteiger partial charge in [-0.25, -0.2) is 21.9 Å². The Bertz CT molecular complexity index is 1080. The van der Waals surface area contributed by atoms with E-state index >= 15 is 0 Å². The summed E-state index contributed by atoms with van der Waals surface area (Å²) in [6.45, 7) is 0. The first kappa shape index (κ1) is 18.4. The molecular weight excluding hydrogens is 373 g/mol. The van der Waals surface area contributed by atoms with Crippen molar-refractivity contribution >= 4 is 27.4 Å². The molecule has 0 aliphatic rings. The first-order valence-corrected chi connectivity index (χ1v) is 9.17. The number of carboxylic acid groups (broad SMARTS) is 1. The predicted molar refractivity (Wildman–Crippen MR) is 97.2 cm³/mol. The number of benzene rings is 3. The smallest absolute Gasteiger partial charge is 0.335 e. The molecular formula is C19H14FNO5S. The van der Waals surface area contributed by atoms with E-state index in [4.69, 9.17) is 5.11 Å².